The number of benzene rings is 2. The van der Waals surface area contributed by atoms with Crippen LogP contribution in [0.15, 0.2) is 47.4 Å². The number of rotatable bonds is 3. The van der Waals surface area contributed by atoms with Crippen molar-refractivity contribution in [3.63, 3.8) is 0 Å². The van der Waals surface area contributed by atoms with Gasteiger partial charge in [-0.3, -0.25) is 0 Å². The van der Waals surface area contributed by atoms with Crippen molar-refractivity contribution in [2.75, 3.05) is 26.7 Å². The Hall–Kier alpha value is -1.69. The molecule has 4 nitrogen and oxygen atoms in total. The van der Waals surface area contributed by atoms with E-state index in [1.54, 1.807) is 4.31 Å². The summed E-state index contributed by atoms with van der Waals surface area (Å²) in [4.78, 5) is 2.66. The SMILES string of the molecule is Cc1cc(C(C)(C)C)cc(C)c1S(=O)(=O)N1CCN(C)C[C@@H]1c1ccccc1. The van der Waals surface area contributed by atoms with E-state index < -0.39 is 10.0 Å². The summed E-state index contributed by atoms with van der Waals surface area (Å²) >= 11 is 0. The Morgan fingerprint density at radius 1 is 0.964 bits per heavy atom. The standard InChI is InChI=1S/C23H32N2O2S/c1-17-14-20(23(3,4)5)15-18(2)22(17)28(26,27)25-13-12-24(6)16-21(25)19-10-8-7-9-11-19/h7-11,14-15,21H,12-13,16H2,1-6H3/t21-/m1/s1. The zero-order valence-corrected chi connectivity index (χ0v) is 18.7. The summed E-state index contributed by atoms with van der Waals surface area (Å²) in [6, 6.07) is 13.9. The van der Waals surface area contributed by atoms with Gasteiger partial charge < -0.3 is 4.90 Å². The third-order valence-electron chi connectivity index (χ3n) is 5.61. The Bertz CT molecular complexity index is 923. The highest BCUT2D eigenvalue weighted by Crippen LogP contribution is 2.35. The topological polar surface area (TPSA) is 40.6 Å². The molecule has 0 amide bonds. The molecule has 0 N–H and O–H groups in total. The van der Waals surface area contributed by atoms with Crippen LogP contribution in [0.3, 0.4) is 0 Å². The van der Waals surface area contributed by atoms with E-state index in [9.17, 15) is 8.42 Å². The van der Waals surface area contributed by atoms with Crippen LogP contribution in [-0.4, -0.2) is 44.3 Å². The van der Waals surface area contributed by atoms with Crippen LogP contribution in [0.2, 0.25) is 0 Å². The van der Waals surface area contributed by atoms with E-state index in [1.807, 2.05) is 56.3 Å². The molecule has 0 saturated carbocycles. The van der Waals surface area contributed by atoms with Gasteiger partial charge in [0.1, 0.15) is 0 Å². The number of piperazine rings is 1. The van der Waals surface area contributed by atoms with Gasteiger partial charge in [0.15, 0.2) is 0 Å². The third-order valence-corrected chi connectivity index (χ3v) is 7.83. The molecule has 152 valence electrons. The molecular formula is C23H32N2O2S. The number of nitrogens with zero attached hydrogens (tertiary/aromatic N) is 2. The van der Waals surface area contributed by atoms with E-state index in [-0.39, 0.29) is 11.5 Å². The first-order valence-electron chi connectivity index (χ1n) is 9.89. The van der Waals surface area contributed by atoms with Gasteiger partial charge in [0.2, 0.25) is 10.0 Å². The molecule has 2 aromatic rings. The lowest BCUT2D eigenvalue weighted by Gasteiger charge is -2.39. The fraction of sp³-hybridized carbons (Fsp3) is 0.478. The zero-order chi connectivity index (χ0) is 20.7. The molecule has 1 aliphatic heterocycles. The van der Waals surface area contributed by atoms with Gasteiger partial charge in [0.25, 0.3) is 0 Å². The Morgan fingerprint density at radius 2 is 1.54 bits per heavy atom. The van der Waals surface area contributed by atoms with Crippen LogP contribution in [0, 0.1) is 13.8 Å². The molecule has 0 spiro atoms. The average Bonchev–Trinajstić information content (AvgIpc) is 2.60. The highest BCUT2D eigenvalue weighted by atomic mass is 32.2. The van der Waals surface area contributed by atoms with Crippen LogP contribution >= 0.6 is 0 Å². The molecular weight excluding hydrogens is 368 g/mol. The van der Waals surface area contributed by atoms with E-state index in [1.165, 1.54) is 5.56 Å². The minimum Gasteiger partial charge on any atom is -0.303 e. The van der Waals surface area contributed by atoms with Crippen LogP contribution in [0.25, 0.3) is 0 Å². The Kier molecular flexibility index (Phi) is 5.72. The van der Waals surface area contributed by atoms with Crippen molar-refractivity contribution in [2.24, 2.45) is 0 Å². The number of aryl methyl sites for hydroxylation is 2. The summed E-state index contributed by atoms with van der Waals surface area (Å²) in [6.07, 6.45) is 0. The average molecular weight is 401 g/mol. The van der Waals surface area contributed by atoms with Crippen LogP contribution in [-0.2, 0) is 15.4 Å². The molecule has 3 rings (SSSR count). The molecule has 0 radical (unpaired) electrons. The second kappa shape index (κ2) is 7.62. The van der Waals surface area contributed by atoms with Gasteiger partial charge in [-0.2, -0.15) is 4.31 Å². The summed E-state index contributed by atoms with van der Waals surface area (Å²) in [5.41, 5.74) is 3.85. The maximum atomic E-state index is 13.8. The number of likely N-dealkylation sites (N-methyl/N-ethyl adjacent to an activating group) is 1. The molecule has 0 aliphatic carbocycles. The fourth-order valence-electron chi connectivity index (χ4n) is 4.04. The number of hydrogen-bond acceptors (Lipinski definition) is 3. The summed E-state index contributed by atoms with van der Waals surface area (Å²) in [6.45, 7) is 12.2. The minimum absolute atomic E-state index is 0.0157. The number of sulfonamides is 1. The second-order valence-electron chi connectivity index (χ2n) is 8.99. The van der Waals surface area contributed by atoms with Crippen molar-refractivity contribution in [3.8, 4) is 0 Å². The molecule has 28 heavy (non-hydrogen) atoms. The zero-order valence-electron chi connectivity index (χ0n) is 17.9. The van der Waals surface area contributed by atoms with Gasteiger partial charge in [-0.05, 0) is 48.6 Å². The van der Waals surface area contributed by atoms with Crippen molar-refractivity contribution >= 4 is 10.0 Å². The minimum atomic E-state index is -3.60. The van der Waals surface area contributed by atoms with Crippen molar-refractivity contribution in [1.29, 1.82) is 0 Å². The van der Waals surface area contributed by atoms with Crippen molar-refractivity contribution in [2.45, 2.75) is 51.0 Å². The van der Waals surface area contributed by atoms with Crippen LogP contribution in [0.1, 0.15) is 49.1 Å². The second-order valence-corrected chi connectivity index (χ2v) is 10.8. The van der Waals surface area contributed by atoms with E-state index in [4.69, 9.17) is 0 Å². The fourth-order valence-corrected chi connectivity index (χ4v) is 6.06. The quantitative estimate of drug-likeness (QED) is 0.772. The maximum absolute atomic E-state index is 13.8. The van der Waals surface area contributed by atoms with E-state index in [0.29, 0.717) is 18.0 Å². The lowest BCUT2D eigenvalue weighted by molar-refractivity contribution is 0.160. The molecule has 5 heteroatoms. The monoisotopic (exact) mass is 400 g/mol. The Balaban J connectivity index is 2.08. The highest BCUT2D eigenvalue weighted by molar-refractivity contribution is 7.89. The smallest absolute Gasteiger partial charge is 0.244 e. The molecule has 1 fully saturated rings. The molecule has 2 aromatic carbocycles. The largest absolute Gasteiger partial charge is 0.303 e. The van der Waals surface area contributed by atoms with Crippen molar-refractivity contribution < 1.29 is 8.42 Å². The van der Waals surface area contributed by atoms with Gasteiger partial charge in [0, 0.05) is 19.6 Å². The number of hydrogen-bond donors (Lipinski definition) is 0. The summed E-state index contributed by atoms with van der Waals surface area (Å²) in [5.74, 6) is 0. The predicted octanol–water partition coefficient (Wildman–Crippen LogP) is 4.28. The van der Waals surface area contributed by atoms with E-state index in [0.717, 1.165) is 23.2 Å². The Labute approximate surface area is 170 Å². The first-order chi connectivity index (χ1) is 13.0. The Morgan fingerprint density at radius 3 is 2.07 bits per heavy atom. The molecule has 0 bridgehead atoms. The molecule has 1 aliphatic rings. The lowest BCUT2D eigenvalue weighted by atomic mass is 9.85. The maximum Gasteiger partial charge on any atom is 0.244 e. The summed E-state index contributed by atoms with van der Waals surface area (Å²) < 4.78 is 29.3. The molecule has 0 aromatic heterocycles. The first-order valence-corrected chi connectivity index (χ1v) is 11.3. The van der Waals surface area contributed by atoms with Crippen LogP contribution in [0.5, 0.6) is 0 Å². The van der Waals surface area contributed by atoms with Gasteiger partial charge in [-0.25, -0.2) is 8.42 Å². The van der Waals surface area contributed by atoms with E-state index >= 15 is 0 Å². The normalized spacial score (nSPS) is 19.7. The third kappa shape index (κ3) is 4.02. The summed E-state index contributed by atoms with van der Waals surface area (Å²) in [5, 5.41) is 0. The van der Waals surface area contributed by atoms with Crippen LogP contribution < -0.4 is 0 Å². The highest BCUT2D eigenvalue weighted by Gasteiger charge is 2.37. The molecule has 1 atom stereocenters. The van der Waals surface area contributed by atoms with Gasteiger partial charge in [0.05, 0.1) is 10.9 Å². The van der Waals surface area contributed by atoms with Gasteiger partial charge in [-0.15, -0.1) is 0 Å². The predicted molar refractivity (Wildman–Crippen MR) is 115 cm³/mol. The molecule has 1 saturated heterocycles. The first kappa shape index (κ1) is 21.0. The van der Waals surface area contributed by atoms with Gasteiger partial charge in [-0.1, -0.05) is 63.2 Å². The van der Waals surface area contributed by atoms with Gasteiger partial charge >= 0.3 is 0 Å². The summed E-state index contributed by atoms with van der Waals surface area (Å²) in [7, 11) is -1.55. The van der Waals surface area contributed by atoms with Crippen molar-refractivity contribution in [3.05, 3.63) is 64.7 Å². The van der Waals surface area contributed by atoms with Crippen LogP contribution in [0.4, 0.5) is 0 Å². The van der Waals surface area contributed by atoms with Crippen molar-refractivity contribution in [1.82, 2.24) is 9.21 Å². The molecule has 1 heterocycles. The lowest BCUT2D eigenvalue weighted by Crippen LogP contribution is -2.49. The molecule has 0 unspecified atom stereocenters. The van der Waals surface area contributed by atoms with E-state index in [2.05, 4.69) is 32.7 Å².